The number of alkyl halides is 2. The van der Waals surface area contributed by atoms with Crippen molar-refractivity contribution in [2.75, 3.05) is 25.5 Å². The third-order valence-corrected chi connectivity index (χ3v) is 5.97. The summed E-state index contributed by atoms with van der Waals surface area (Å²) in [6.45, 7) is 20.3. The first-order valence-corrected chi connectivity index (χ1v) is 15.1. The second-order valence-corrected chi connectivity index (χ2v) is 9.90. The number of benzene rings is 1. The van der Waals surface area contributed by atoms with Crippen molar-refractivity contribution in [3.8, 4) is 5.75 Å². The zero-order valence-corrected chi connectivity index (χ0v) is 27.4. The minimum Gasteiger partial charge on any atom is -0.433 e. The Hall–Kier alpha value is -3.19. The normalized spacial score (nSPS) is 14.6. The Morgan fingerprint density at radius 2 is 1.71 bits per heavy atom. The fourth-order valence-electron chi connectivity index (χ4n) is 4.03. The van der Waals surface area contributed by atoms with Crippen molar-refractivity contribution in [2.45, 2.75) is 99.7 Å². The largest absolute Gasteiger partial charge is 0.433 e. The Labute approximate surface area is 254 Å². The Morgan fingerprint density at radius 3 is 2.10 bits per heavy atom. The van der Waals surface area contributed by atoms with Crippen molar-refractivity contribution < 1.29 is 23.0 Å². The van der Waals surface area contributed by atoms with Gasteiger partial charge in [0.05, 0.1) is 6.10 Å². The summed E-state index contributed by atoms with van der Waals surface area (Å²) < 4.78 is 36.4. The van der Waals surface area contributed by atoms with Gasteiger partial charge >= 0.3 is 6.11 Å². The second-order valence-electron chi connectivity index (χ2n) is 9.90. The Kier molecular flexibility index (Phi) is 19.9. The number of nitrogens with zero attached hydrogens (tertiary/aromatic N) is 1. The van der Waals surface area contributed by atoms with Crippen molar-refractivity contribution in [3.05, 3.63) is 83.8 Å². The molecule has 1 aliphatic heterocycles. The molecule has 1 aliphatic rings. The fourth-order valence-corrected chi connectivity index (χ4v) is 4.03. The van der Waals surface area contributed by atoms with Crippen LogP contribution in [0.3, 0.4) is 0 Å². The van der Waals surface area contributed by atoms with Crippen molar-refractivity contribution >= 4 is 11.5 Å². The van der Waals surface area contributed by atoms with Gasteiger partial charge in [-0.25, -0.2) is 0 Å². The number of methoxy groups -OCH3 is 1. The van der Waals surface area contributed by atoms with Gasteiger partial charge in [-0.1, -0.05) is 65.8 Å². The Morgan fingerprint density at radius 1 is 1.12 bits per heavy atom. The average Bonchev–Trinajstić information content (AvgIpc) is 2.92. The van der Waals surface area contributed by atoms with Crippen LogP contribution in [0.1, 0.15) is 87.5 Å². The zero-order chi connectivity index (χ0) is 32.1. The van der Waals surface area contributed by atoms with Gasteiger partial charge in [-0.3, -0.25) is 4.79 Å². The smallest absolute Gasteiger partial charge is 0.394 e. The number of ketones is 1. The van der Waals surface area contributed by atoms with Gasteiger partial charge in [0.2, 0.25) is 0 Å². The maximum atomic E-state index is 13.1. The molecule has 1 fully saturated rings. The first-order valence-electron chi connectivity index (χ1n) is 15.1. The highest BCUT2D eigenvalue weighted by Crippen LogP contribution is 2.33. The Balaban J connectivity index is 0.00000144. The van der Waals surface area contributed by atoms with Crippen LogP contribution >= 0.6 is 0 Å². The van der Waals surface area contributed by atoms with Crippen LogP contribution in [0, 0.1) is 0 Å². The van der Waals surface area contributed by atoms with Crippen LogP contribution in [0.15, 0.2) is 83.8 Å². The van der Waals surface area contributed by atoms with Crippen LogP contribution in [0.2, 0.25) is 0 Å². The van der Waals surface area contributed by atoms with Gasteiger partial charge in [0.1, 0.15) is 5.75 Å². The number of hydrogen-bond donors (Lipinski definition) is 1. The van der Waals surface area contributed by atoms with E-state index in [1.807, 2.05) is 20.8 Å². The molecule has 1 aromatic rings. The molecule has 7 heteroatoms. The molecule has 0 amide bonds. The predicted octanol–water partition coefficient (Wildman–Crippen LogP) is 9.86. The number of halogens is 2. The lowest BCUT2D eigenvalue weighted by Gasteiger charge is -2.42. The highest BCUT2D eigenvalue weighted by atomic mass is 19.3. The lowest BCUT2D eigenvalue weighted by molar-refractivity contribution is -0.158. The van der Waals surface area contributed by atoms with Crippen LogP contribution in [-0.4, -0.2) is 43.1 Å². The van der Waals surface area contributed by atoms with E-state index in [1.54, 1.807) is 31.4 Å². The van der Waals surface area contributed by atoms with E-state index in [0.29, 0.717) is 6.42 Å². The molecule has 0 radical (unpaired) electrons. The molecule has 0 aromatic heterocycles. The SMILES string of the molecule is C=CC(=O)CCC.CCC.C\C=C/C(=C(C(=C\C)\Nc1ccc(OC(C)(F)F)cc1)/C(=C/CC)CC)N1CC(OC)C1. The quantitative estimate of drug-likeness (QED) is 0.173. The molecule has 0 aliphatic carbocycles. The Bertz CT molecular complexity index is 1040. The number of ether oxygens (including phenoxy) is 2. The number of allylic oxidation sites excluding steroid dienone is 6. The maximum Gasteiger partial charge on any atom is 0.394 e. The van der Waals surface area contributed by atoms with E-state index in [-0.39, 0.29) is 17.6 Å². The van der Waals surface area contributed by atoms with Crippen LogP contribution in [0.5, 0.6) is 5.75 Å². The number of likely N-dealkylation sites (tertiary alicyclic amines) is 1. The highest BCUT2D eigenvalue weighted by Gasteiger charge is 2.30. The van der Waals surface area contributed by atoms with Crippen molar-refractivity contribution in [3.63, 3.8) is 0 Å². The number of anilines is 1. The molecule has 0 bridgehead atoms. The molecule has 5 nitrogen and oxygen atoms in total. The van der Waals surface area contributed by atoms with Gasteiger partial charge in [-0.2, -0.15) is 8.78 Å². The fraction of sp³-hybridized carbons (Fsp3) is 0.514. The standard InChI is InChI=1S/C26H36F2N2O2.C6H10O.C3H8/c1-7-11-19(9-3)25(24(12-8-2)30-17-22(18-30)31-6)23(10-4)29-20-13-15-21(16-14-20)32-26(5,27)28;1-3-5-6(7)4-2;1-3-2/h8,10-16,22,29H,7,9,17-18H2,1-6H3;4H,2-3,5H2,1H3;3H2,1-2H3/b12-8-,19-11+,23-10-,25-24+;;. The maximum absolute atomic E-state index is 13.1. The third-order valence-electron chi connectivity index (χ3n) is 5.97. The minimum absolute atomic E-state index is 0.127. The van der Waals surface area contributed by atoms with E-state index in [1.165, 1.54) is 18.1 Å². The van der Waals surface area contributed by atoms with E-state index >= 15 is 0 Å². The zero-order valence-electron chi connectivity index (χ0n) is 27.4. The van der Waals surface area contributed by atoms with E-state index in [2.05, 4.69) is 73.5 Å². The molecular weight excluding hydrogens is 534 g/mol. The van der Waals surface area contributed by atoms with Gasteiger partial charge in [-0.15, -0.1) is 0 Å². The average molecular weight is 589 g/mol. The molecular formula is C35H54F2N2O3. The summed E-state index contributed by atoms with van der Waals surface area (Å²) in [5.41, 5.74) is 5.31. The molecule has 1 heterocycles. The lowest BCUT2D eigenvalue weighted by atomic mass is 9.94. The van der Waals surface area contributed by atoms with Gasteiger partial charge in [0.25, 0.3) is 0 Å². The summed E-state index contributed by atoms with van der Waals surface area (Å²) in [5.74, 6) is 0.268. The molecule has 236 valence electrons. The van der Waals surface area contributed by atoms with Crippen molar-refractivity contribution in [1.82, 2.24) is 4.90 Å². The molecule has 42 heavy (non-hydrogen) atoms. The monoisotopic (exact) mass is 588 g/mol. The van der Waals surface area contributed by atoms with Crippen LogP contribution in [0.25, 0.3) is 0 Å². The molecule has 1 N–H and O–H groups in total. The van der Waals surface area contributed by atoms with Crippen LogP contribution in [-0.2, 0) is 9.53 Å². The number of hydrogen-bond acceptors (Lipinski definition) is 5. The summed E-state index contributed by atoms with van der Waals surface area (Å²) in [4.78, 5) is 12.6. The lowest BCUT2D eigenvalue weighted by Crippen LogP contribution is -2.51. The van der Waals surface area contributed by atoms with E-state index < -0.39 is 6.11 Å². The van der Waals surface area contributed by atoms with Crippen LogP contribution < -0.4 is 10.1 Å². The minimum atomic E-state index is -3.21. The van der Waals surface area contributed by atoms with E-state index in [4.69, 9.17) is 4.74 Å². The number of carbonyl (C=O) groups excluding carboxylic acids is 1. The summed E-state index contributed by atoms with van der Waals surface area (Å²) in [6, 6.07) is 6.59. The highest BCUT2D eigenvalue weighted by molar-refractivity contribution is 5.88. The third kappa shape index (κ3) is 14.6. The molecule has 1 saturated heterocycles. The summed E-state index contributed by atoms with van der Waals surface area (Å²) >= 11 is 0. The van der Waals surface area contributed by atoms with Gasteiger partial charge in [0.15, 0.2) is 5.78 Å². The summed E-state index contributed by atoms with van der Waals surface area (Å²) in [7, 11) is 1.75. The molecule has 0 saturated carbocycles. The molecule has 0 unspecified atom stereocenters. The van der Waals surface area contributed by atoms with Crippen LogP contribution in [0.4, 0.5) is 14.5 Å². The second kappa shape index (κ2) is 21.5. The van der Waals surface area contributed by atoms with Gasteiger partial charge in [0, 0.05) is 56.2 Å². The molecule has 0 spiro atoms. The van der Waals surface area contributed by atoms with E-state index in [9.17, 15) is 13.6 Å². The summed E-state index contributed by atoms with van der Waals surface area (Å²) in [6.07, 6.45) is 11.5. The molecule has 0 atom stereocenters. The van der Waals surface area contributed by atoms with E-state index in [0.717, 1.165) is 61.9 Å². The van der Waals surface area contributed by atoms with Gasteiger partial charge in [-0.05, 0) is 75.1 Å². The predicted molar refractivity (Wildman–Crippen MR) is 174 cm³/mol. The molecule has 1 aromatic carbocycles. The first-order chi connectivity index (χ1) is 20.0. The molecule has 2 rings (SSSR count). The topological polar surface area (TPSA) is 50.8 Å². The number of carbonyl (C=O) groups is 1. The van der Waals surface area contributed by atoms with Crippen molar-refractivity contribution in [2.24, 2.45) is 0 Å². The summed E-state index contributed by atoms with van der Waals surface area (Å²) in [5, 5.41) is 3.49. The van der Waals surface area contributed by atoms with Gasteiger partial charge < -0.3 is 19.7 Å². The first kappa shape index (κ1) is 38.8. The number of nitrogens with one attached hydrogen (secondary N) is 1. The number of rotatable bonds is 14. The van der Waals surface area contributed by atoms with Crippen molar-refractivity contribution in [1.29, 1.82) is 0 Å².